The van der Waals surface area contributed by atoms with Crippen LogP contribution in [-0.4, -0.2) is 0 Å². The van der Waals surface area contributed by atoms with Crippen LogP contribution < -0.4 is 0 Å². The summed E-state index contributed by atoms with van der Waals surface area (Å²) >= 11 is 0. The first-order valence-electron chi connectivity index (χ1n) is 17.1. The van der Waals surface area contributed by atoms with Gasteiger partial charge in [0.2, 0.25) is 0 Å². The SMILES string of the molecule is c1ccc(-c2c3ccccc3c(-c3cccc(-c4ccc5cc6c(cc5c4)oc4c6ccc5oc6ccccc6c54)c3)c3ccccc23)cc1. The van der Waals surface area contributed by atoms with E-state index in [9.17, 15) is 0 Å². The van der Waals surface area contributed by atoms with Crippen LogP contribution in [0.1, 0.15) is 0 Å². The van der Waals surface area contributed by atoms with E-state index in [-0.39, 0.29) is 0 Å². The van der Waals surface area contributed by atoms with E-state index in [1.807, 2.05) is 18.2 Å². The summed E-state index contributed by atoms with van der Waals surface area (Å²) in [4.78, 5) is 0. The Bertz CT molecular complexity index is 3080. The van der Waals surface area contributed by atoms with Crippen molar-refractivity contribution in [2.75, 3.05) is 0 Å². The minimum Gasteiger partial charge on any atom is -0.456 e. The Morgan fingerprint density at radius 2 is 0.900 bits per heavy atom. The van der Waals surface area contributed by atoms with Crippen molar-refractivity contribution in [3.05, 3.63) is 170 Å². The largest absolute Gasteiger partial charge is 0.456 e. The first-order chi connectivity index (χ1) is 24.8. The number of rotatable bonds is 3. The Kier molecular flexibility index (Phi) is 5.70. The topological polar surface area (TPSA) is 26.3 Å². The van der Waals surface area contributed by atoms with Crippen molar-refractivity contribution in [1.82, 2.24) is 0 Å². The lowest BCUT2D eigenvalue weighted by Gasteiger charge is -2.18. The molecule has 2 heteroatoms. The Balaban J connectivity index is 1.08. The van der Waals surface area contributed by atoms with E-state index < -0.39 is 0 Å². The molecule has 0 aliphatic heterocycles. The molecule has 2 nitrogen and oxygen atoms in total. The van der Waals surface area contributed by atoms with Crippen molar-refractivity contribution in [3.63, 3.8) is 0 Å². The highest BCUT2D eigenvalue weighted by molar-refractivity contribution is 6.23. The minimum atomic E-state index is 0.847. The predicted octanol–water partition coefficient (Wildman–Crippen LogP) is 13.9. The molecule has 0 radical (unpaired) electrons. The number of fused-ring (bicyclic) bond motifs is 10. The zero-order valence-electron chi connectivity index (χ0n) is 27.0. The molecule has 0 unspecified atom stereocenters. The molecule has 0 atom stereocenters. The Morgan fingerprint density at radius 1 is 0.280 bits per heavy atom. The van der Waals surface area contributed by atoms with Crippen LogP contribution in [-0.2, 0) is 0 Å². The van der Waals surface area contributed by atoms with Gasteiger partial charge in [-0.3, -0.25) is 0 Å². The molecule has 0 saturated heterocycles. The van der Waals surface area contributed by atoms with E-state index in [1.165, 1.54) is 60.3 Å². The van der Waals surface area contributed by atoms with Gasteiger partial charge in [0.1, 0.15) is 22.3 Å². The normalized spacial score (nSPS) is 12.0. The third kappa shape index (κ3) is 3.96. The summed E-state index contributed by atoms with van der Waals surface area (Å²) in [6.45, 7) is 0. The minimum absolute atomic E-state index is 0.847. The molecule has 11 aromatic rings. The van der Waals surface area contributed by atoms with Crippen LogP contribution in [0, 0.1) is 0 Å². The molecular formula is C48H28O2. The van der Waals surface area contributed by atoms with Gasteiger partial charge < -0.3 is 8.83 Å². The molecular weight excluding hydrogens is 609 g/mol. The van der Waals surface area contributed by atoms with E-state index in [2.05, 4.69) is 152 Å². The fraction of sp³-hybridized carbons (Fsp3) is 0. The second kappa shape index (κ2) is 10.4. The molecule has 0 fully saturated rings. The van der Waals surface area contributed by atoms with Crippen LogP contribution in [0.4, 0.5) is 0 Å². The van der Waals surface area contributed by atoms with E-state index in [1.54, 1.807) is 0 Å². The van der Waals surface area contributed by atoms with Crippen LogP contribution in [0.25, 0.3) is 110 Å². The predicted molar refractivity (Wildman–Crippen MR) is 210 cm³/mol. The Hall–Kier alpha value is -6.64. The van der Waals surface area contributed by atoms with E-state index in [0.29, 0.717) is 0 Å². The standard InChI is InChI=1S/C48H28O2/c1-2-11-29(12-3-1)45-35-15-4-6-17-37(35)46(38-18-7-5-16-36(38)45)33-14-10-13-30(25-33)31-21-22-32-27-41-39-23-24-43-47(40-19-8-9-20-42(40)49-43)48(39)50-44(41)28-34(32)26-31/h1-28H. The summed E-state index contributed by atoms with van der Waals surface area (Å²) in [7, 11) is 0. The number of furan rings is 2. The summed E-state index contributed by atoms with van der Waals surface area (Å²) in [5, 5.41) is 11.7. The molecule has 2 aromatic heterocycles. The maximum atomic E-state index is 6.63. The van der Waals surface area contributed by atoms with Gasteiger partial charge in [0.05, 0.1) is 5.39 Å². The molecule has 232 valence electrons. The van der Waals surface area contributed by atoms with Crippen molar-refractivity contribution >= 4 is 76.2 Å². The second-order valence-corrected chi connectivity index (χ2v) is 13.2. The molecule has 0 amide bonds. The molecule has 0 spiro atoms. The Labute approximate surface area is 287 Å². The molecule has 0 N–H and O–H groups in total. The maximum Gasteiger partial charge on any atom is 0.147 e. The van der Waals surface area contributed by atoms with Gasteiger partial charge in [-0.1, -0.05) is 127 Å². The van der Waals surface area contributed by atoms with Crippen molar-refractivity contribution in [1.29, 1.82) is 0 Å². The fourth-order valence-electron chi connectivity index (χ4n) is 8.17. The number of para-hydroxylation sites is 1. The zero-order chi connectivity index (χ0) is 32.8. The van der Waals surface area contributed by atoms with Gasteiger partial charge in [0.25, 0.3) is 0 Å². The fourth-order valence-corrected chi connectivity index (χ4v) is 8.17. The average molecular weight is 637 g/mol. The van der Waals surface area contributed by atoms with E-state index in [0.717, 1.165) is 49.3 Å². The quantitative estimate of drug-likeness (QED) is 0.180. The lowest BCUT2D eigenvalue weighted by Crippen LogP contribution is -1.91. The summed E-state index contributed by atoms with van der Waals surface area (Å²) in [6, 6.07) is 61.0. The van der Waals surface area contributed by atoms with Crippen LogP contribution in [0.2, 0.25) is 0 Å². The molecule has 2 heterocycles. The summed E-state index contributed by atoms with van der Waals surface area (Å²) < 4.78 is 12.8. The van der Waals surface area contributed by atoms with E-state index in [4.69, 9.17) is 8.83 Å². The molecule has 0 aliphatic rings. The van der Waals surface area contributed by atoms with Crippen LogP contribution in [0.5, 0.6) is 0 Å². The summed E-state index contributed by atoms with van der Waals surface area (Å²) in [5.74, 6) is 0. The first kappa shape index (κ1) is 27.3. The highest BCUT2D eigenvalue weighted by Crippen LogP contribution is 2.45. The third-order valence-electron chi connectivity index (χ3n) is 10.4. The highest BCUT2D eigenvalue weighted by atomic mass is 16.3. The average Bonchev–Trinajstić information content (AvgIpc) is 3.74. The lowest BCUT2D eigenvalue weighted by molar-refractivity contribution is 0.663. The van der Waals surface area contributed by atoms with Gasteiger partial charge in [-0.15, -0.1) is 0 Å². The molecule has 9 aromatic carbocycles. The zero-order valence-corrected chi connectivity index (χ0v) is 27.0. The molecule has 0 aliphatic carbocycles. The van der Waals surface area contributed by atoms with Crippen molar-refractivity contribution < 1.29 is 8.83 Å². The maximum absolute atomic E-state index is 6.63. The molecule has 11 rings (SSSR count). The number of benzene rings is 9. The number of hydrogen-bond donors (Lipinski definition) is 0. The van der Waals surface area contributed by atoms with Gasteiger partial charge in [0.15, 0.2) is 0 Å². The van der Waals surface area contributed by atoms with Crippen LogP contribution >= 0.6 is 0 Å². The van der Waals surface area contributed by atoms with Gasteiger partial charge in [0, 0.05) is 16.2 Å². The molecule has 50 heavy (non-hydrogen) atoms. The molecule has 0 bridgehead atoms. The van der Waals surface area contributed by atoms with Crippen LogP contribution in [0.3, 0.4) is 0 Å². The van der Waals surface area contributed by atoms with Crippen molar-refractivity contribution in [2.24, 2.45) is 0 Å². The van der Waals surface area contributed by atoms with Gasteiger partial charge in [-0.25, -0.2) is 0 Å². The summed E-state index contributed by atoms with van der Waals surface area (Å²) in [5.41, 5.74) is 10.8. The van der Waals surface area contributed by atoms with Gasteiger partial charge in [-0.05, 0) is 108 Å². The highest BCUT2D eigenvalue weighted by Gasteiger charge is 2.18. The first-order valence-corrected chi connectivity index (χ1v) is 17.1. The number of hydrogen-bond acceptors (Lipinski definition) is 2. The molecule has 0 saturated carbocycles. The monoisotopic (exact) mass is 636 g/mol. The summed E-state index contributed by atoms with van der Waals surface area (Å²) in [6.07, 6.45) is 0. The Morgan fingerprint density at radius 3 is 1.66 bits per heavy atom. The lowest BCUT2D eigenvalue weighted by atomic mass is 9.85. The third-order valence-corrected chi connectivity index (χ3v) is 10.4. The smallest absolute Gasteiger partial charge is 0.147 e. The van der Waals surface area contributed by atoms with Crippen molar-refractivity contribution in [3.8, 4) is 33.4 Å². The second-order valence-electron chi connectivity index (χ2n) is 13.2. The van der Waals surface area contributed by atoms with Gasteiger partial charge >= 0.3 is 0 Å². The van der Waals surface area contributed by atoms with Gasteiger partial charge in [-0.2, -0.15) is 0 Å². The van der Waals surface area contributed by atoms with E-state index >= 15 is 0 Å². The van der Waals surface area contributed by atoms with Crippen LogP contribution in [0.15, 0.2) is 179 Å². The van der Waals surface area contributed by atoms with Crippen molar-refractivity contribution in [2.45, 2.75) is 0 Å².